The van der Waals surface area contributed by atoms with Gasteiger partial charge in [-0.05, 0) is 31.5 Å². The quantitative estimate of drug-likeness (QED) is 0.721. The van der Waals surface area contributed by atoms with E-state index in [-0.39, 0.29) is 5.56 Å². The smallest absolute Gasteiger partial charge is 0.335 e. The van der Waals surface area contributed by atoms with Gasteiger partial charge in [0.2, 0.25) is 0 Å². The number of aromatic nitrogens is 2. The highest BCUT2D eigenvalue weighted by Gasteiger charge is 2.12. The van der Waals surface area contributed by atoms with Gasteiger partial charge in [-0.3, -0.25) is 0 Å². The van der Waals surface area contributed by atoms with Crippen LogP contribution in [-0.4, -0.2) is 21.0 Å². The Morgan fingerprint density at radius 3 is 2.52 bits per heavy atom. The molecule has 0 atom stereocenters. The lowest BCUT2D eigenvalue weighted by Gasteiger charge is -2.14. The van der Waals surface area contributed by atoms with Gasteiger partial charge in [0.05, 0.1) is 5.56 Å². The number of carbonyl (C=O) groups is 1. The highest BCUT2D eigenvalue weighted by molar-refractivity contribution is 5.89. The molecule has 0 saturated carbocycles. The van der Waals surface area contributed by atoms with Crippen LogP contribution in [0.4, 0.5) is 11.5 Å². The second-order valence-corrected chi connectivity index (χ2v) is 5.69. The van der Waals surface area contributed by atoms with Crippen LogP contribution < -0.4 is 5.32 Å². The fourth-order valence-corrected chi connectivity index (χ4v) is 2.71. The molecule has 0 aliphatic carbocycles. The summed E-state index contributed by atoms with van der Waals surface area (Å²) in [4.78, 5) is 20.5. The van der Waals surface area contributed by atoms with Crippen molar-refractivity contribution in [2.75, 3.05) is 5.32 Å². The van der Waals surface area contributed by atoms with Crippen molar-refractivity contribution in [3.8, 4) is 11.4 Å². The molecule has 0 radical (unpaired) electrons. The average molecular weight is 333 g/mol. The number of rotatable bonds is 5. The molecule has 126 valence electrons. The summed E-state index contributed by atoms with van der Waals surface area (Å²) in [6, 6.07) is 16.5. The standard InChI is InChI=1S/C20H19N3O2/c1-3-17-13(2)21-18(14-8-5-4-6-9-14)23-19(17)22-16-11-7-10-15(12-16)20(24)25/h4-12H,3H2,1-2H3,(H,24,25)(H,21,22,23). The number of benzene rings is 2. The summed E-state index contributed by atoms with van der Waals surface area (Å²) in [6.45, 7) is 4.01. The van der Waals surface area contributed by atoms with Crippen LogP contribution in [0.25, 0.3) is 11.4 Å². The van der Waals surface area contributed by atoms with Gasteiger partial charge in [0.15, 0.2) is 5.82 Å². The maximum Gasteiger partial charge on any atom is 0.335 e. The lowest BCUT2D eigenvalue weighted by Crippen LogP contribution is -2.06. The predicted octanol–water partition coefficient (Wildman–Crippen LogP) is 4.46. The van der Waals surface area contributed by atoms with Gasteiger partial charge in [0, 0.05) is 22.5 Å². The number of hydrogen-bond acceptors (Lipinski definition) is 4. The molecule has 0 aliphatic rings. The molecule has 1 aromatic heterocycles. The van der Waals surface area contributed by atoms with Crippen molar-refractivity contribution in [3.63, 3.8) is 0 Å². The van der Waals surface area contributed by atoms with Crippen LogP contribution in [0.2, 0.25) is 0 Å². The first-order valence-corrected chi connectivity index (χ1v) is 8.11. The summed E-state index contributed by atoms with van der Waals surface area (Å²) < 4.78 is 0. The fourth-order valence-electron chi connectivity index (χ4n) is 2.71. The summed E-state index contributed by atoms with van der Waals surface area (Å²) in [5, 5.41) is 12.4. The van der Waals surface area contributed by atoms with E-state index in [2.05, 4.69) is 15.3 Å². The third-order valence-electron chi connectivity index (χ3n) is 3.97. The van der Waals surface area contributed by atoms with Gasteiger partial charge in [-0.15, -0.1) is 0 Å². The Morgan fingerprint density at radius 2 is 1.84 bits per heavy atom. The Bertz CT molecular complexity index is 908. The lowest BCUT2D eigenvalue weighted by molar-refractivity contribution is 0.0697. The molecule has 0 saturated heterocycles. The second-order valence-electron chi connectivity index (χ2n) is 5.69. The summed E-state index contributed by atoms with van der Waals surface area (Å²) in [6.07, 6.45) is 0.780. The molecule has 1 heterocycles. The number of nitrogens with one attached hydrogen (secondary N) is 1. The van der Waals surface area contributed by atoms with E-state index in [1.54, 1.807) is 18.2 Å². The van der Waals surface area contributed by atoms with Gasteiger partial charge in [-0.2, -0.15) is 0 Å². The molecular formula is C20H19N3O2. The molecule has 0 unspecified atom stereocenters. The normalized spacial score (nSPS) is 10.5. The van der Waals surface area contributed by atoms with Gasteiger partial charge in [0.1, 0.15) is 5.82 Å². The maximum absolute atomic E-state index is 11.2. The molecule has 25 heavy (non-hydrogen) atoms. The molecule has 2 aromatic carbocycles. The van der Waals surface area contributed by atoms with E-state index < -0.39 is 5.97 Å². The van der Waals surface area contributed by atoms with Crippen molar-refractivity contribution < 1.29 is 9.90 Å². The molecule has 5 nitrogen and oxygen atoms in total. The average Bonchev–Trinajstić information content (AvgIpc) is 2.62. The van der Waals surface area contributed by atoms with Gasteiger partial charge in [0.25, 0.3) is 0 Å². The first-order valence-electron chi connectivity index (χ1n) is 8.11. The molecule has 0 spiro atoms. The Kier molecular flexibility index (Phi) is 4.75. The number of aromatic carboxylic acids is 1. The minimum absolute atomic E-state index is 0.233. The van der Waals surface area contributed by atoms with Gasteiger partial charge < -0.3 is 10.4 Å². The minimum Gasteiger partial charge on any atom is -0.478 e. The fraction of sp³-hybridized carbons (Fsp3) is 0.150. The minimum atomic E-state index is -0.955. The Balaban J connectivity index is 2.04. The third-order valence-corrected chi connectivity index (χ3v) is 3.97. The Morgan fingerprint density at radius 1 is 1.08 bits per heavy atom. The molecular weight excluding hydrogens is 314 g/mol. The van der Waals surface area contributed by atoms with E-state index in [1.807, 2.05) is 50.2 Å². The van der Waals surface area contributed by atoms with E-state index in [9.17, 15) is 4.79 Å². The van der Waals surface area contributed by atoms with Gasteiger partial charge in [-0.25, -0.2) is 14.8 Å². The zero-order valence-corrected chi connectivity index (χ0v) is 14.2. The van der Waals surface area contributed by atoms with Crippen molar-refractivity contribution >= 4 is 17.5 Å². The molecule has 0 fully saturated rings. The maximum atomic E-state index is 11.2. The third kappa shape index (κ3) is 3.66. The molecule has 2 N–H and O–H groups in total. The van der Waals surface area contributed by atoms with Gasteiger partial charge in [-0.1, -0.05) is 43.3 Å². The number of carboxylic acid groups (broad SMARTS) is 1. The molecule has 0 aliphatic heterocycles. The first kappa shape index (κ1) is 16.6. The lowest BCUT2D eigenvalue weighted by atomic mass is 10.1. The zero-order valence-electron chi connectivity index (χ0n) is 14.2. The highest BCUT2D eigenvalue weighted by Crippen LogP contribution is 2.25. The van der Waals surface area contributed by atoms with E-state index in [0.29, 0.717) is 17.3 Å². The van der Waals surface area contributed by atoms with E-state index in [4.69, 9.17) is 5.11 Å². The zero-order chi connectivity index (χ0) is 17.8. The highest BCUT2D eigenvalue weighted by atomic mass is 16.4. The van der Waals surface area contributed by atoms with E-state index >= 15 is 0 Å². The number of nitrogens with zero attached hydrogens (tertiary/aromatic N) is 2. The molecule has 5 heteroatoms. The number of carboxylic acids is 1. The summed E-state index contributed by atoms with van der Waals surface area (Å²) in [5.74, 6) is 0.395. The van der Waals surface area contributed by atoms with Crippen molar-refractivity contribution in [1.29, 1.82) is 0 Å². The molecule has 0 amide bonds. The van der Waals surface area contributed by atoms with Crippen molar-refractivity contribution in [3.05, 3.63) is 71.4 Å². The Hall–Kier alpha value is -3.21. The van der Waals surface area contributed by atoms with Crippen molar-refractivity contribution in [2.24, 2.45) is 0 Å². The predicted molar refractivity (Wildman–Crippen MR) is 98.3 cm³/mol. The summed E-state index contributed by atoms with van der Waals surface area (Å²) >= 11 is 0. The van der Waals surface area contributed by atoms with Crippen LogP contribution in [0.1, 0.15) is 28.5 Å². The second kappa shape index (κ2) is 7.13. The van der Waals surface area contributed by atoms with E-state index in [0.717, 1.165) is 23.2 Å². The van der Waals surface area contributed by atoms with Crippen LogP contribution in [0.3, 0.4) is 0 Å². The van der Waals surface area contributed by atoms with E-state index in [1.165, 1.54) is 0 Å². The van der Waals surface area contributed by atoms with Crippen LogP contribution in [0, 0.1) is 6.92 Å². The van der Waals surface area contributed by atoms with Crippen LogP contribution >= 0.6 is 0 Å². The summed E-state index contributed by atoms with van der Waals surface area (Å²) in [7, 11) is 0. The largest absolute Gasteiger partial charge is 0.478 e. The topological polar surface area (TPSA) is 75.1 Å². The van der Waals surface area contributed by atoms with Gasteiger partial charge >= 0.3 is 5.97 Å². The Labute approximate surface area is 146 Å². The van der Waals surface area contributed by atoms with Crippen molar-refractivity contribution in [2.45, 2.75) is 20.3 Å². The molecule has 3 rings (SSSR count). The van der Waals surface area contributed by atoms with Crippen LogP contribution in [-0.2, 0) is 6.42 Å². The number of anilines is 2. The molecule has 3 aromatic rings. The van der Waals surface area contributed by atoms with Crippen LogP contribution in [0.15, 0.2) is 54.6 Å². The monoisotopic (exact) mass is 333 g/mol. The molecule has 0 bridgehead atoms. The SMILES string of the molecule is CCc1c(C)nc(-c2ccccc2)nc1Nc1cccc(C(=O)O)c1. The number of hydrogen-bond donors (Lipinski definition) is 2. The first-order chi connectivity index (χ1) is 12.1. The summed E-state index contributed by atoms with van der Waals surface area (Å²) in [5.41, 5.74) is 3.79. The van der Waals surface area contributed by atoms with Crippen LogP contribution in [0.5, 0.6) is 0 Å². The van der Waals surface area contributed by atoms with Crippen molar-refractivity contribution in [1.82, 2.24) is 9.97 Å². The number of aryl methyl sites for hydroxylation is 1.